The topological polar surface area (TPSA) is 78.5 Å². The van der Waals surface area contributed by atoms with E-state index in [-0.39, 0.29) is 17.7 Å². The number of carbonyl (C=O) groups is 1. The van der Waals surface area contributed by atoms with Crippen LogP contribution in [0, 0.1) is 6.92 Å². The van der Waals surface area contributed by atoms with Gasteiger partial charge in [0.05, 0.1) is 12.6 Å². The molecule has 29 heavy (non-hydrogen) atoms. The highest BCUT2D eigenvalue weighted by atomic mass is 16.5. The third kappa shape index (κ3) is 3.24. The Labute approximate surface area is 170 Å². The van der Waals surface area contributed by atoms with Crippen molar-refractivity contribution in [3.05, 3.63) is 64.8 Å². The molecule has 0 saturated carbocycles. The number of aromatic nitrogens is 2. The molecule has 0 unspecified atom stereocenters. The molecule has 0 fully saturated rings. The number of ether oxygens (including phenoxy) is 1. The number of fused-ring (bicyclic) bond motifs is 1. The Morgan fingerprint density at radius 3 is 2.79 bits per heavy atom. The quantitative estimate of drug-likeness (QED) is 0.651. The van der Waals surface area contributed by atoms with Gasteiger partial charge in [-0.3, -0.25) is 9.89 Å². The van der Waals surface area contributed by atoms with Crippen LogP contribution < -0.4 is 4.74 Å². The summed E-state index contributed by atoms with van der Waals surface area (Å²) in [5.74, 6) is 0.846. The molecule has 1 atom stereocenters. The van der Waals surface area contributed by atoms with Crippen LogP contribution in [0.4, 0.5) is 0 Å². The molecule has 0 aliphatic carbocycles. The van der Waals surface area contributed by atoms with Crippen LogP contribution in [0.1, 0.15) is 53.5 Å². The Kier molecular flexibility index (Phi) is 5.01. The number of phenolic OH excluding ortho intramolecular Hbond substituents is 1. The maximum absolute atomic E-state index is 13.1. The molecule has 3 aromatic rings. The van der Waals surface area contributed by atoms with Gasteiger partial charge in [0.2, 0.25) is 0 Å². The largest absolute Gasteiger partial charge is 0.507 e. The van der Waals surface area contributed by atoms with Crippen molar-refractivity contribution in [3.8, 4) is 22.8 Å². The van der Waals surface area contributed by atoms with Gasteiger partial charge in [-0.25, -0.2) is 0 Å². The molecule has 6 heteroatoms. The number of benzene rings is 2. The van der Waals surface area contributed by atoms with Crippen molar-refractivity contribution >= 4 is 5.91 Å². The zero-order valence-corrected chi connectivity index (χ0v) is 16.9. The average molecular weight is 391 g/mol. The molecule has 2 heterocycles. The molecule has 1 amide bonds. The van der Waals surface area contributed by atoms with E-state index in [1.165, 1.54) is 0 Å². The summed E-state index contributed by atoms with van der Waals surface area (Å²) in [6.07, 6.45) is 0.843. The number of nitrogens with zero attached hydrogens (tertiary/aromatic N) is 2. The Bertz CT molecular complexity index is 1060. The lowest BCUT2D eigenvalue weighted by atomic mass is 9.95. The van der Waals surface area contributed by atoms with Gasteiger partial charge >= 0.3 is 0 Å². The van der Waals surface area contributed by atoms with Crippen molar-refractivity contribution in [2.24, 2.45) is 0 Å². The van der Waals surface area contributed by atoms with E-state index in [9.17, 15) is 9.90 Å². The van der Waals surface area contributed by atoms with E-state index in [0.717, 1.165) is 28.9 Å². The van der Waals surface area contributed by atoms with Crippen LogP contribution in [0.25, 0.3) is 11.3 Å². The molecule has 0 saturated heterocycles. The molecule has 150 valence electrons. The molecular weight excluding hydrogens is 366 g/mol. The summed E-state index contributed by atoms with van der Waals surface area (Å²) in [6.45, 7) is 7.17. The molecule has 0 spiro atoms. The van der Waals surface area contributed by atoms with Crippen molar-refractivity contribution in [1.29, 1.82) is 0 Å². The normalized spacial score (nSPS) is 15.6. The minimum absolute atomic E-state index is 0.0699. The highest BCUT2D eigenvalue weighted by Crippen LogP contribution is 2.45. The number of hydrogen-bond acceptors (Lipinski definition) is 4. The summed E-state index contributed by atoms with van der Waals surface area (Å²) in [6, 6.07) is 13.0. The van der Waals surface area contributed by atoms with Gasteiger partial charge in [-0.15, -0.1) is 0 Å². The van der Waals surface area contributed by atoms with Crippen molar-refractivity contribution in [2.75, 3.05) is 13.2 Å². The summed E-state index contributed by atoms with van der Waals surface area (Å²) in [7, 11) is 0. The summed E-state index contributed by atoms with van der Waals surface area (Å²) in [5.41, 5.74) is 4.50. The van der Waals surface area contributed by atoms with E-state index in [1.54, 1.807) is 6.07 Å². The number of hydrogen-bond donors (Lipinski definition) is 2. The molecule has 0 bridgehead atoms. The van der Waals surface area contributed by atoms with E-state index in [1.807, 2.05) is 55.1 Å². The second-order valence-electron chi connectivity index (χ2n) is 7.29. The molecule has 0 radical (unpaired) electrons. The third-order valence-corrected chi connectivity index (χ3v) is 5.22. The number of aromatic amines is 1. The van der Waals surface area contributed by atoms with Crippen LogP contribution in [0.5, 0.6) is 11.5 Å². The maximum Gasteiger partial charge on any atom is 0.273 e. The molecule has 1 aliphatic heterocycles. The predicted octanol–water partition coefficient (Wildman–Crippen LogP) is 4.44. The first kappa shape index (κ1) is 19.1. The molecular formula is C23H25N3O3. The zero-order valence-electron chi connectivity index (χ0n) is 16.9. The lowest BCUT2D eigenvalue weighted by molar-refractivity contribution is 0.0743. The lowest BCUT2D eigenvalue weighted by Crippen LogP contribution is -2.30. The fraction of sp³-hybridized carbons (Fsp3) is 0.304. The summed E-state index contributed by atoms with van der Waals surface area (Å²) in [5, 5.41) is 17.8. The summed E-state index contributed by atoms with van der Waals surface area (Å²) >= 11 is 0. The molecule has 6 nitrogen and oxygen atoms in total. The molecule has 1 aromatic heterocycles. The smallest absolute Gasteiger partial charge is 0.273 e. The fourth-order valence-corrected chi connectivity index (χ4v) is 4.00. The SMILES string of the molecule is CCCN1C(=O)c2[nH]nc(-c3cc(C)ccc3O)c2[C@H]1c1cccc(OCC)c1. The minimum atomic E-state index is -0.286. The van der Waals surface area contributed by atoms with Gasteiger partial charge in [0, 0.05) is 17.7 Å². The van der Waals surface area contributed by atoms with Gasteiger partial charge in [-0.2, -0.15) is 5.10 Å². The number of nitrogens with one attached hydrogen (secondary N) is 1. The Morgan fingerprint density at radius 2 is 2.03 bits per heavy atom. The molecule has 1 aliphatic rings. The second kappa shape index (κ2) is 7.62. The Morgan fingerprint density at radius 1 is 1.21 bits per heavy atom. The number of amides is 1. The van der Waals surface area contributed by atoms with E-state index in [2.05, 4.69) is 17.1 Å². The van der Waals surface area contributed by atoms with Gasteiger partial charge < -0.3 is 14.7 Å². The summed E-state index contributed by atoms with van der Waals surface area (Å²) in [4.78, 5) is 15.0. The molecule has 2 N–H and O–H groups in total. The number of rotatable bonds is 6. The van der Waals surface area contributed by atoms with Crippen LogP contribution in [0.15, 0.2) is 42.5 Å². The highest BCUT2D eigenvalue weighted by Gasteiger charge is 2.42. The first-order chi connectivity index (χ1) is 14.0. The van der Waals surface area contributed by atoms with Crippen LogP contribution in [-0.4, -0.2) is 39.3 Å². The zero-order chi connectivity index (χ0) is 20.5. The predicted molar refractivity (Wildman–Crippen MR) is 111 cm³/mol. The van der Waals surface area contributed by atoms with Crippen molar-refractivity contribution in [1.82, 2.24) is 15.1 Å². The number of carbonyl (C=O) groups excluding carboxylic acids is 1. The van der Waals surface area contributed by atoms with E-state index in [0.29, 0.717) is 30.1 Å². The Balaban J connectivity index is 1.90. The van der Waals surface area contributed by atoms with Gasteiger partial charge in [-0.1, -0.05) is 30.7 Å². The van der Waals surface area contributed by atoms with Gasteiger partial charge in [0.1, 0.15) is 22.9 Å². The average Bonchev–Trinajstić information content (AvgIpc) is 3.24. The highest BCUT2D eigenvalue weighted by molar-refractivity contribution is 6.00. The van der Waals surface area contributed by atoms with Crippen LogP contribution in [0.2, 0.25) is 0 Å². The number of H-pyrrole nitrogens is 1. The van der Waals surface area contributed by atoms with E-state index in [4.69, 9.17) is 4.74 Å². The van der Waals surface area contributed by atoms with Crippen LogP contribution in [-0.2, 0) is 0 Å². The van der Waals surface area contributed by atoms with E-state index < -0.39 is 0 Å². The van der Waals surface area contributed by atoms with Gasteiger partial charge in [0.25, 0.3) is 5.91 Å². The summed E-state index contributed by atoms with van der Waals surface area (Å²) < 4.78 is 5.68. The Hall–Kier alpha value is -3.28. The lowest BCUT2D eigenvalue weighted by Gasteiger charge is -2.26. The molecule has 4 rings (SSSR count). The number of aromatic hydroxyl groups is 1. The monoisotopic (exact) mass is 391 g/mol. The second-order valence-corrected chi connectivity index (χ2v) is 7.29. The first-order valence-corrected chi connectivity index (χ1v) is 9.97. The molecule has 2 aromatic carbocycles. The van der Waals surface area contributed by atoms with Gasteiger partial charge in [0.15, 0.2) is 0 Å². The standard InChI is InChI=1S/C23H25N3O3/c1-4-11-26-22(15-7-6-8-16(13-15)29-5-2)19-20(24-25-21(19)23(26)28)17-12-14(3)9-10-18(17)27/h6-10,12-13,22,27H,4-5,11H2,1-3H3,(H,24,25)/t22-/m1/s1. The third-order valence-electron chi connectivity index (χ3n) is 5.22. The van der Waals surface area contributed by atoms with Crippen molar-refractivity contribution in [3.63, 3.8) is 0 Å². The minimum Gasteiger partial charge on any atom is -0.507 e. The first-order valence-electron chi connectivity index (χ1n) is 9.97. The van der Waals surface area contributed by atoms with Gasteiger partial charge in [-0.05, 0) is 50.1 Å². The van der Waals surface area contributed by atoms with Crippen molar-refractivity contribution in [2.45, 2.75) is 33.2 Å². The van der Waals surface area contributed by atoms with Crippen molar-refractivity contribution < 1.29 is 14.6 Å². The fourth-order valence-electron chi connectivity index (χ4n) is 4.00. The van der Waals surface area contributed by atoms with E-state index >= 15 is 0 Å². The number of phenols is 1. The van der Waals surface area contributed by atoms with Crippen LogP contribution in [0.3, 0.4) is 0 Å². The maximum atomic E-state index is 13.1. The number of aryl methyl sites for hydroxylation is 1. The van der Waals surface area contributed by atoms with Crippen LogP contribution >= 0.6 is 0 Å².